The average molecular weight is 556 g/mol. The Kier molecular flexibility index (Phi) is 9.57. The Bertz CT molecular complexity index is 1390. The molecule has 0 heterocycles. The van der Waals surface area contributed by atoms with E-state index in [0.717, 1.165) is 9.87 Å². The third-order valence-electron chi connectivity index (χ3n) is 6.17. The molecule has 0 aromatic heterocycles. The molecule has 9 heteroatoms. The van der Waals surface area contributed by atoms with Gasteiger partial charge in [0.25, 0.3) is 10.0 Å². The smallest absolute Gasteiger partial charge is 0.264 e. The van der Waals surface area contributed by atoms with Crippen molar-refractivity contribution in [3.05, 3.63) is 94.5 Å². The third kappa shape index (κ3) is 6.94. The molecular weight excluding hydrogens is 522 g/mol. The van der Waals surface area contributed by atoms with E-state index in [2.05, 4.69) is 5.32 Å². The van der Waals surface area contributed by atoms with Crippen LogP contribution in [0.25, 0.3) is 0 Å². The first-order valence-electron chi connectivity index (χ1n) is 12.4. The summed E-state index contributed by atoms with van der Waals surface area (Å²) >= 11 is 6.38. The van der Waals surface area contributed by atoms with Gasteiger partial charge in [0.15, 0.2) is 0 Å². The summed E-state index contributed by atoms with van der Waals surface area (Å²) < 4.78 is 28.9. The first kappa shape index (κ1) is 29.2. The molecule has 0 radical (unpaired) electrons. The molecule has 38 heavy (non-hydrogen) atoms. The number of hydrogen-bond donors (Lipinski definition) is 1. The van der Waals surface area contributed by atoms with E-state index in [1.807, 2.05) is 20.8 Å². The van der Waals surface area contributed by atoms with Crippen molar-refractivity contribution in [3.8, 4) is 0 Å². The Labute approximate surface area is 230 Å². The normalized spacial score (nSPS) is 12.2. The van der Waals surface area contributed by atoms with Crippen LogP contribution in [0, 0.1) is 13.8 Å². The molecule has 0 aliphatic rings. The quantitative estimate of drug-likeness (QED) is 0.377. The first-order valence-corrected chi connectivity index (χ1v) is 14.2. The molecule has 0 unspecified atom stereocenters. The fourth-order valence-corrected chi connectivity index (χ4v) is 5.67. The number of hydrogen-bond acceptors (Lipinski definition) is 4. The topological polar surface area (TPSA) is 86.8 Å². The summed E-state index contributed by atoms with van der Waals surface area (Å²) in [5.41, 5.74) is 2.64. The fourth-order valence-electron chi connectivity index (χ4n) is 3.99. The van der Waals surface area contributed by atoms with Crippen LogP contribution in [-0.2, 0) is 26.2 Å². The molecule has 7 nitrogen and oxygen atoms in total. The summed E-state index contributed by atoms with van der Waals surface area (Å²) in [7, 11) is -4.11. The van der Waals surface area contributed by atoms with E-state index in [1.165, 1.54) is 17.0 Å². The highest BCUT2D eigenvalue weighted by Crippen LogP contribution is 2.28. The van der Waals surface area contributed by atoms with E-state index < -0.39 is 28.5 Å². The lowest BCUT2D eigenvalue weighted by Crippen LogP contribution is -2.52. The summed E-state index contributed by atoms with van der Waals surface area (Å²) in [5.74, 6) is -0.875. The second kappa shape index (κ2) is 12.5. The highest BCUT2D eigenvalue weighted by molar-refractivity contribution is 7.92. The number of rotatable bonds is 10. The van der Waals surface area contributed by atoms with Gasteiger partial charge in [0, 0.05) is 17.6 Å². The minimum absolute atomic E-state index is 0.0391. The molecule has 3 rings (SSSR count). The molecule has 1 atom stereocenters. The van der Waals surface area contributed by atoms with Crippen molar-refractivity contribution < 1.29 is 18.0 Å². The monoisotopic (exact) mass is 555 g/mol. The van der Waals surface area contributed by atoms with Gasteiger partial charge < -0.3 is 10.2 Å². The third-order valence-corrected chi connectivity index (χ3v) is 8.31. The summed E-state index contributed by atoms with van der Waals surface area (Å²) in [6.07, 6.45) is 0. The molecule has 0 aliphatic heterocycles. The number of anilines is 1. The molecule has 0 spiro atoms. The number of amides is 2. The largest absolute Gasteiger partial charge is 0.352 e. The molecule has 3 aromatic rings. The van der Waals surface area contributed by atoms with Gasteiger partial charge >= 0.3 is 0 Å². The van der Waals surface area contributed by atoms with Crippen LogP contribution in [0.3, 0.4) is 0 Å². The van der Waals surface area contributed by atoms with Gasteiger partial charge in [-0.05, 0) is 70.0 Å². The van der Waals surface area contributed by atoms with E-state index in [0.29, 0.717) is 21.8 Å². The van der Waals surface area contributed by atoms with Crippen LogP contribution in [0.15, 0.2) is 77.7 Å². The van der Waals surface area contributed by atoms with Crippen LogP contribution >= 0.6 is 11.6 Å². The van der Waals surface area contributed by atoms with Crippen molar-refractivity contribution in [2.75, 3.05) is 10.8 Å². The number of benzene rings is 3. The molecule has 0 fully saturated rings. The number of para-hydroxylation sites is 1. The Morgan fingerprint density at radius 1 is 0.895 bits per heavy atom. The lowest BCUT2D eigenvalue weighted by atomic mass is 10.1. The van der Waals surface area contributed by atoms with Crippen LogP contribution < -0.4 is 9.62 Å². The second-order valence-corrected chi connectivity index (χ2v) is 11.8. The minimum atomic E-state index is -4.11. The predicted octanol–water partition coefficient (Wildman–Crippen LogP) is 5.09. The summed E-state index contributed by atoms with van der Waals surface area (Å²) in [6, 6.07) is 19.5. The van der Waals surface area contributed by atoms with Gasteiger partial charge in [0.1, 0.15) is 12.6 Å². The van der Waals surface area contributed by atoms with Crippen molar-refractivity contribution in [1.29, 1.82) is 0 Å². The van der Waals surface area contributed by atoms with E-state index in [-0.39, 0.29) is 23.4 Å². The number of nitrogens with one attached hydrogen (secondary N) is 1. The standard InChI is InChI=1S/C29H34ClN3O4S/c1-20(2)31-29(35)23(5)32(18-24-11-7-8-12-26(24)30)28(34)19-33(27-13-9-6-10-22(27)4)38(36,37)25-16-14-21(3)15-17-25/h6-17,20,23H,18-19H2,1-5H3,(H,31,35)/t23-/m0/s1. The zero-order valence-corrected chi connectivity index (χ0v) is 23.9. The molecule has 202 valence electrons. The number of aryl methyl sites for hydroxylation is 2. The van der Waals surface area contributed by atoms with E-state index in [9.17, 15) is 18.0 Å². The zero-order chi connectivity index (χ0) is 28.0. The van der Waals surface area contributed by atoms with Crippen LogP contribution in [0.2, 0.25) is 5.02 Å². The lowest BCUT2D eigenvalue weighted by molar-refractivity contribution is -0.139. The average Bonchev–Trinajstić information content (AvgIpc) is 2.86. The van der Waals surface area contributed by atoms with Crippen LogP contribution in [0.4, 0.5) is 5.69 Å². The van der Waals surface area contributed by atoms with Gasteiger partial charge in [-0.1, -0.05) is 65.7 Å². The Hall–Kier alpha value is -3.36. The second-order valence-electron chi connectivity index (χ2n) is 9.56. The number of carbonyl (C=O) groups excluding carboxylic acids is 2. The number of halogens is 1. The van der Waals surface area contributed by atoms with E-state index in [1.54, 1.807) is 74.5 Å². The predicted molar refractivity (Wildman–Crippen MR) is 152 cm³/mol. The van der Waals surface area contributed by atoms with E-state index >= 15 is 0 Å². The maximum atomic E-state index is 13.9. The van der Waals surface area contributed by atoms with Crippen molar-refractivity contribution in [2.24, 2.45) is 0 Å². The summed E-state index contributed by atoms with van der Waals surface area (Å²) in [4.78, 5) is 28.3. The van der Waals surface area contributed by atoms with E-state index in [4.69, 9.17) is 11.6 Å². The molecule has 0 saturated carbocycles. The van der Waals surface area contributed by atoms with Crippen molar-refractivity contribution in [3.63, 3.8) is 0 Å². The van der Waals surface area contributed by atoms with Gasteiger partial charge in [-0.2, -0.15) is 0 Å². The van der Waals surface area contributed by atoms with Crippen molar-refractivity contribution in [2.45, 2.75) is 58.1 Å². The van der Waals surface area contributed by atoms with Gasteiger partial charge in [-0.3, -0.25) is 13.9 Å². The van der Waals surface area contributed by atoms with Crippen molar-refractivity contribution in [1.82, 2.24) is 10.2 Å². The molecule has 3 aromatic carbocycles. The lowest BCUT2D eigenvalue weighted by Gasteiger charge is -2.33. The SMILES string of the molecule is Cc1ccc(S(=O)(=O)N(CC(=O)N(Cc2ccccc2Cl)[C@@H](C)C(=O)NC(C)C)c2ccccc2C)cc1. The first-order chi connectivity index (χ1) is 17.9. The van der Waals surface area contributed by atoms with Gasteiger partial charge in [0.2, 0.25) is 11.8 Å². The summed E-state index contributed by atoms with van der Waals surface area (Å²) in [5, 5.41) is 3.28. The molecule has 2 amide bonds. The highest BCUT2D eigenvalue weighted by Gasteiger charge is 2.33. The molecule has 1 N–H and O–H groups in total. The molecular formula is C29H34ClN3O4S. The molecule has 0 bridgehead atoms. The Morgan fingerprint density at radius 3 is 2.11 bits per heavy atom. The van der Waals surface area contributed by atoms with Crippen LogP contribution in [0.5, 0.6) is 0 Å². The van der Waals surface area contributed by atoms with Gasteiger partial charge in [0.05, 0.1) is 10.6 Å². The Morgan fingerprint density at radius 2 is 1.50 bits per heavy atom. The Balaban J connectivity index is 2.06. The summed E-state index contributed by atoms with van der Waals surface area (Å²) in [6.45, 7) is 8.49. The van der Waals surface area contributed by atoms with Crippen LogP contribution in [0.1, 0.15) is 37.5 Å². The maximum absolute atomic E-state index is 13.9. The van der Waals surface area contributed by atoms with Gasteiger partial charge in [-0.15, -0.1) is 0 Å². The number of nitrogens with zero attached hydrogens (tertiary/aromatic N) is 2. The molecule has 0 saturated heterocycles. The number of carbonyl (C=O) groups is 2. The highest BCUT2D eigenvalue weighted by atomic mass is 35.5. The van der Waals surface area contributed by atoms with Crippen LogP contribution in [-0.4, -0.2) is 43.8 Å². The molecule has 0 aliphatic carbocycles. The minimum Gasteiger partial charge on any atom is -0.352 e. The number of sulfonamides is 1. The maximum Gasteiger partial charge on any atom is 0.264 e. The zero-order valence-electron chi connectivity index (χ0n) is 22.3. The van der Waals surface area contributed by atoms with Crippen molar-refractivity contribution >= 4 is 39.1 Å². The fraction of sp³-hybridized carbons (Fsp3) is 0.310. The van der Waals surface area contributed by atoms with Gasteiger partial charge in [-0.25, -0.2) is 8.42 Å².